The molecule has 0 saturated carbocycles. The van der Waals surface area contributed by atoms with Gasteiger partial charge >= 0.3 is 0 Å². The fourth-order valence-electron chi connectivity index (χ4n) is 3.76. The van der Waals surface area contributed by atoms with Crippen molar-refractivity contribution in [3.8, 4) is 5.75 Å². The third kappa shape index (κ3) is 3.75. The van der Waals surface area contributed by atoms with Crippen LogP contribution in [0.5, 0.6) is 5.75 Å². The fourth-order valence-corrected chi connectivity index (χ4v) is 3.76. The first kappa shape index (κ1) is 16.1. The number of hydrogen-bond acceptors (Lipinski definition) is 3. The van der Waals surface area contributed by atoms with Gasteiger partial charge in [-0.3, -0.25) is 9.69 Å². The highest BCUT2D eigenvalue weighted by Crippen LogP contribution is 2.24. The number of carbonyl (C=O) groups is 1. The van der Waals surface area contributed by atoms with E-state index < -0.39 is 0 Å². The molecule has 0 aliphatic carbocycles. The summed E-state index contributed by atoms with van der Waals surface area (Å²) in [5.41, 5.74) is 2.17. The van der Waals surface area contributed by atoms with Crippen molar-refractivity contribution in [2.24, 2.45) is 0 Å². The van der Waals surface area contributed by atoms with Gasteiger partial charge in [-0.2, -0.15) is 0 Å². The molecule has 124 valence electrons. The molecule has 0 unspecified atom stereocenters. The number of piperidine rings is 1. The standard InChI is InChI=1S/C19H26N2O2/c1-2-4-16-13-15(6-7-18(16)22)14-20-11-8-17(9-12-20)21-10-3-5-19(21)23/h2,6-7,13,17,22H,1,3-5,8-12,14H2. The van der Waals surface area contributed by atoms with Gasteiger partial charge < -0.3 is 10.0 Å². The summed E-state index contributed by atoms with van der Waals surface area (Å²) in [5.74, 6) is 0.691. The molecule has 4 heteroatoms. The number of benzene rings is 1. The second-order valence-electron chi connectivity index (χ2n) is 6.65. The van der Waals surface area contributed by atoms with Crippen molar-refractivity contribution < 1.29 is 9.90 Å². The minimum absolute atomic E-state index is 0.344. The number of phenolic OH excluding ortho intramolecular Hbond substituents is 1. The first-order valence-electron chi connectivity index (χ1n) is 8.61. The second-order valence-corrected chi connectivity index (χ2v) is 6.65. The van der Waals surface area contributed by atoms with Crippen LogP contribution in [0.4, 0.5) is 0 Å². The van der Waals surface area contributed by atoms with Gasteiger partial charge in [-0.05, 0) is 42.9 Å². The van der Waals surface area contributed by atoms with E-state index in [0.29, 0.717) is 24.1 Å². The molecule has 2 aliphatic rings. The summed E-state index contributed by atoms with van der Waals surface area (Å²) in [6, 6.07) is 6.30. The zero-order chi connectivity index (χ0) is 16.2. The molecule has 1 aromatic rings. The molecule has 23 heavy (non-hydrogen) atoms. The van der Waals surface area contributed by atoms with Crippen molar-refractivity contribution in [3.63, 3.8) is 0 Å². The largest absolute Gasteiger partial charge is 0.508 e. The van der Waals surface area contributed by atoms with Crippen molar-refractivity contribution in [3.05, 3.63) is 42.0 Å². The Kier molecular flexibility index (Phi) is 5.01. The maximum atomic E-state index is 11.9. The highest BCUT2D eigenvalue weighted by molar-refractivity contribution is 5.78. The molecule has 4 nitrogen and oxygen atoms in total. The van der Waals surface area contributed by atoms with Crippen LogP contribution < -0.4 is 0 Å². The molecule has 3 rings (SSSR count). The number of rotatable bonds is 5. The van der Waals surface area contributed by atoms with Crippen LogP contribution in [0.2, 0.25) is 0 Å². The van der Waals surface area contributed by atoms with E-state index in [-0.39, 0.29) is 0 Å². The van der Waals surface area contributed by atoms with E-state index in [1.54, 1.807) is 6.07 Å². The smallest absolute Gasteiger partial charge is 0.222 e. The van der Waals surface area contributed by atoms with Crippen LogP contribution >= 0.6 is 0 Å². The van der Waals surface area contributed by atoms with Crippen LogP contribution in [0.15, 0.2) is 30.9 Å². The van der Waals surface area contributed by atoms with Crippen LogP contribution in [0.3, 0.4) is 0 Å². The van der Waals surface area contributed by atoms with Gasteiger partial charge in [0.1, 0.15) is 5.75 Å². The second kappa shape index (κ2) is 7.18. The van der Waals surface area contributed by atoms with Gasteiger partial charge in [0, 0.05) is 38.6 Å². The lowest BCUT2D eigenvalue weighted by molar-refractivity contribution is -0.130. The summed E-state index contributed by atoms with van der Waals surface area (Å²) in [4.78, 5) is 16.4. The molecule has 1 N–H and O–H groups in total. The molecule has 0 spiro atoms. The van der Waals surface area contributed by atoms with Crippen molar-refractivity contribution in [1.29, 1.82) is 0 Å². The van der Waals surface area contributed by atoms with E-state index in [2.05, 4.69) is 22.4 Å². The molecule has 0 radical (unpaired) electrons. The number of likely N-dealkylation sites (tertiary alicyclic amines) is 2. The Morgan fingerprint density at radius 1 is 1.26 bits per heavy atom. The monoisotopic (exact) mass is 314 g/mol. The number of phenols is 1. The maximum Gasteiger partial charge on any atom is 0.222 e. The molecule has 0 atom stereocenters. The van der Waals surface area contributed by atoms with Gasteiger partial charge in [0.05, 0.1) is 0 Å². The molecule has 2 aliphatic heterocycles. The van der Waals surface area contributed by atoms with Crippen LogP contribution in [-0.4, -0.2) is 46.5 Å². The Hall–Kier alpha value is -1.81. The van der Waals surface area contributed by atoms with Gasteiger partial charge in [0.15, 0.2) is 0 Å². The number of allylic oxidation sites excluding steroid dienone is 1. The molecular weight excluding hydrogens is 288 g/mol. The molecule has 2 fully saturated rings. The van der Waals surface area contributed by atoms with Crippen molar-refractivity contribution in [1.82, 2.24) is 9.80 Å². The molecular formula is C19H26N2O2. The van der Waals surface area contributed by atoms with Crippen LogP contribution in [-0.2, 0) is 17.8 Å². The summed E-state index contributed by atoms with van der Waals surface area (Å²) in [7, 11) is 0. The fraction of sp³-hybridized carbons (Fsp3) is 0.526. The summed E-state index contributed by atoms with van der Waals surface area (Å²) < 4.78 is 0. The van der Waals surface area contributed by atoms with Crippen LogP contribution in [0.25, 0.3) is 0 Å². The van der Waals surface area contributed by atoms with Gasteiger partial charge in [-0.1, -0.05) is 18.2 Å². The summed E-state index contributed by atoms with van der Waals surface area (Å²) in [6.07, 6.45) is 6.42. The highest BCUT2D eigenvalue weighted by Gasteiger charge is 2.30. The summed E-state index contributed by atoms with van der Waals surface area (Å²) in [5, 5.41) is 9.85. The molecule has 2 heterocycles. The maximum absolute atomic E-state index is 11.9. The van der Waals surface area contributed by atoms with Crippen LogP contribution in [0, 0.1) is 0 Å². The SMILES string of the molecule is C=CCc1cc(CN2CCC(N3CCCC3=O)CC2)ccc1O. The Balaban J connectivity index is 1.55. The number of nitrogens with zero attached hydrogens (tertiary/aromatic N) is 2. The van der Waals surface area contributed by atoms with Gasteiger partial charge in [-0.15, -0.1) is 6.58 Å². The van der Waals surface area contributed by atoms with Gasteiger partial charge in [0.25, 0.3) is 0 Å². The number of carbonyl (C=O) groups excluding carboxylic acids is 1. The van der Waals surface area contributed by atoms with Crippen molar-refractivity contribution >= 4 is 5.91 Å². The first-order valence-corrected chi connectivity index (χ1v) is 8.61. The zero-order valence-corrected chi connectivity index (χ0v) is 13.7. The van der Waals surface area contributed by atoms with E-state index in [4.69, 9.17) is 0 Å². The molecule has 1 aromatic carbocycles. The number of amides is 1. The van der Waals surface area contributed by atoms with Crippen molar-refractivity contribution in [2.75, 3.05) is 19.6 Å². The Morgan fingerprint density at radius 3 is 2.70 bits per heavy atom. The average Bonchev–Trinajstić information content (AvgIpc) is 2.98. The van der Waals surface area contributed by atoms with E-state index in [1.165, 1.54) is 5.56 Å². The molecule has 2 saturated heterocycles. The van der Waals surface area contributed by atoms with E-state index >= 15 is 0 Å². The van der Waals surface area contributed by atoms with E-state index in [0.717, 1.165) is 57.4 Å². The lowest BCUT2D eigenvalue weighted by Gasteiger charge is -2.36. The summed E-state index contributed by atoms with van der Waals surface area (Å²) >= 11 is 0. The average molecular weight is 314 g/mol. The van der Waals surface area contributed by atoms with Crippen LogP contribution in [0.1, 0.15) is 36.8 Å². The lowest BCUT2D eigenvalue weighted by atomic mass is 10.0. The third-order valence-corrected chi connectivity index (χ3v) is 5.02. The first-order chi connectivity index (χ1) is 11.2. The minimum Gasteiger partial charge on any atom is -0.508 e. The summed E-state index contributed by atoms with van der Waals surface area (Å²) in [6.45, 7) is 7.67. The highest BCUT2D eigenvalue weighted by atomic mass is 16.3. The number of aromatic hydroxyl groups is 1. The topological polar surface area (TPSA) is 43.8 Å². The Labute approximate surface area is 138 Å². The normalized spacial score (nSPS) is 20.2. The Bertz CT molecular complexity index is 577. The molecule has 0 aromatic heterocycles. The predicted octanol–water partition coefficient (Wildman–Crippen LogP) is 2.71. The predicted molar refractivity (Wildman–Crippen MR) is 91.3 cm³/mol. The minimum atomic E-state index is 0.344. The van der Waals surface area contributed by atoms with Gasteiger partial charge in [0.2, 0.25) is 5.91 Å². The van der Waals surface area contributed by atoms with E-state index in [1.807, 2.05) is 12.1 Å². The quantitative estimate of drug-likeness (QED) is 0.850. The number of hydrogen-bond donors (Lipinski definition) is 1. The van der Waals surface area contributed by atoms with E-state index in [9.17, 15) is 9.90 Å². The van der Waals surface area contributed by atoms with Gasteiger partial charge in [-0.25, -0.2) is 0 Å². The third-order valence-electron chi connectivity index (χ3n) is 5.02. The van der Waals surface area contributed by atoms with Crippen molar-refractivity contribution in [2.45, 2.75) is 44.7 Å². The zero-order valence-electron chi connectivity index (χ0n) is 13.7. The lowest BCUT2D eigenvalue weighted by Crippen LogP contribution is -2.45. The molecule has 0 bridgehead atoms. The molecule has 1 amide bonds. The Morgan fingerprint density at radius 2 is 2.04 bits per heavy atom.